The Balaban J connectivity index is 0.000000222. The van der Waals surface area contributed by atoms with E-state index in [-0.39, 0.29) is 0 Å². The third kappa shape index (κ3) is 4.54. The Kier molecular flexibility index (Phi) is 7.74. The van der Waals surface area contributed by atoms with Crippen molar-refractivity contribution in [2.75, 3.05) is 0 Å². The number of hydrogen-bond acceptors (Lipinski definition) is 1. The molecule has 1 rings (SSSR count). The molecule has 0 aromatic heterocycles. The third-order valence-electron chi connectivity index (χ3n) is 1.50. The molecule has 2 heteroatoms. The monoisotopic (exact) mass is 151 g/mol. The van der Waals surface area contributed by atoms with E-state index in [1.165, 1.54) is 38.5 Å². The van der Waals surface area contributed by atoms with Crippen LogP contribution in [0.2, 0.25) is 0 Å². The van der Waals surface area contributed by atoms with Gasteiger partial charge in [-0.25, -0.2) is 0 Å². The van der Waals surface area contributed by atoms with Crippen LogP contribution in [0.3, 0.4) is 0 Å². The Hall–Kier alpha value is 0.384. The minimum absolute atomic E-state index is 1.06. The first-order valence-corrected chi connectivity index (χ1v) is 3.75. The molecule has 0 aromatic rings. The molecule has 1 nitrogen and oxygen atoms in total. The molecule has 47 valence electrons. The minimum atomic E-state index is 1.06. The zero-order valence-corrected chi connectivity index (χ0v) is 6.49. The molecule has 0 N–H and O–H groups in total. The Morgan fingerprint density at radius 1 is 0.625 bits per heavy atom. The number of hydrogen-bond donors (Lipinski definition) is 0. The van der Waals surface area contributed by atoms with Crippen molar-refractivity contribution >= 4 is 0 Å². The predicted octanol–water partition coefficient (Wildman–Crippen LogP) is 2.22. The summed E-state index contributed by atoms with van der Waals surface area (Å²) in [4.78, 5) is 0. The van der Waals surface area contributed by atoms with Gasteiger partial charge in [0.05, 0.1) is 0 Å². The molecular formula is C6H12OV. The predicted molar refractivity (Wildman–Crippen MR) is 28.4 cm³/mol. The Morgan fingerprint density at radius 3 is 0.875 bits per heavy atom. The van der Waals surface area contributed by atoms with Crippen LogP contribution in [-0.4, -0.2) is 0 Å². The van der Waals surface area contributed by atoms with Gasteiger partial charge in [-0.3, -0.25) is 0 Å². The van der Waals surface area contributed by atoms with Crippen molar-refractivity contribution in [1.82, 2.24) is 0 Å². The van der Waals surface area contributed by atoms with Gasteiger partial charge >= 0.3 is 21.0 Å². The first-order chi connectivity index (χ1) is 4.00. The van der Waals surface area contributed by atoms with Gasteiger partial charge in [-0.1, -0.05) is 38.5 Å². The zero-order chi connectivity index (χ0) is 6.24. The molecule has 0 heterocycles. The molecule has 1 saturated carbocycles. The van der Waals surface area contributed by atoms with Gasteiger partial charge in [-0.05, 0) is 0 Å². The van der Waals surface area contributed by atoms with Gasteiger partial charge < -0.3 is 0 Å². The Morgan fingerprint density at radius 2 is 0.750 bits per heavy atom. The summed E-state index contributed by atoms with van der Waals surface area (Å²) in [6.45, 7) is 0. The van der Waals surface area contributed by atoms with Crippen LogP contribution in [0.5, 0.6) is 0 Å². The fourth-order valence-electron chi connectivity index (χ4n) is 1.06. The molecule has 0 aromatic carbocycles. The van der Waals surface area contributed by atoms with Crippen molar-refractivity contribution in [3.8, 4) is 0 Å². The van der Waals surface area contributed by atoms with Crippen LogP contribution in [0.1, 0.15) is 38.5 Å². The average molecular weight is 151 g/mol. The normalized spacial score (nSPS) is 18.4. The van der Waals surface area contributed by atoms with Crippen LogP contribution < -0.4 is 0 Å². The second-order valence-electron chi connectivity index (χ2n) is 2.12. The molecular weight excluding hydrogens is 139 g/mol. The van der Waals surface area contributed by atoms with Crippen molar-refractivity contribution in [3.05, 3.63) is 0 Å². The Bertz CT molecular complexity index is 32.3. The molecule has 1 aliphatic carbocycles. The van der Waals surface area contributed by atoms with E-state index in [4.69, 9.17) is 3.67 Å². The molecule has 0 bridgehead atoms. The van der Waals surface area contributed by atoms with Gasteiger partial charge in [0.25, 0.3) is 0 Å². The first-order valence-electron chi connectivity index (χ1n) is 3.18. The summed E-state index contributed by atoms with van der Waals surface area (Å²) in [6.07, 6.45) is 9.00. The van der Waals surface area contributed by atoms with E-state index in [1.807, 2.05) is 0 Å². The molecule has 0 spiro atoms. The van der Waals surface area contributed by atoms with E-state index in [2.05, 4.69) is 0 Å². The molecule has 1 aliphatic rings. The zero-order valence-electron chi connectivity index (χ0n) is 5.10. The summed E-state index contributed by atoms with van der Waals surface area (Å²) in [5.74, 6) is 0. The molecule has 0 saturated heterocycles. The molecule has 0 amide bonds. The Labute approximate surface area is 60.1 Å². The van der Waals surface area contributed by atoms with E-state index in [9.17, 15) is 0 Å². The second-order valence-corrected chi connectivity index (χ2v) is 2.12. The summed E-state index contributed by atoms with van der Waals surface area (Å²) < 4.78 is 8.19. The van der Waals surface area contributed by atoms with Crippen molar-refractivity contribution in [3.63, 3.8) is 0 Å². The van der Waals surface area contributed by atoms with Crippen molar-refractivity contribution in [2.45, 2.75) is 38.5 Å². The maximum absolute atomic E-state index is 8.19. The van der Waals surface area contributed by atoms with E-state index >= 15 is 0 Å². The summed E-state index contributed by atoms with van der Waals surface area (Å²) in [7, 11) is 0. The maximum atomic E-state index is 8.19. The van der Waals surface area contributed by atoms with Crippen LogP contribution in [0.25, 0.3) is 0 Å². The van der Waals surface area contributed by atoms with Crippen LogP contribution in [0, 0.1) is 0 Å². The van der Waals surface area contributed by atoms with Gasteiger partial charge in [0.2, 0.25) is 0 Å². The molecule has 0 aliphatic heterocycles. The van der Waals surface area contributed by atoms with Crippen LogP contribution >= 0.6 is 0 Å². The van der Waals surface area contributed by atoms with Crippen LogP contribution in [0.15, 0.2) is 0 Å². The molecule has 0 unspecified atom stereocenters. The van der Waals surface area contributed by atoms with Crippen molar-refractivity contribution in [1.29, 1.82) is 0 Å². The van der Waals surface area contributed by atoms with Gasteiger partial charge in [-0.2, -0.15) is 0 Å². The van der Waals surface area contributed by atoms with E-state index in [0.29, 0.717) is 0 Å². The van der Waals surface area contributed by atoms with E-state index < -0.39 is 0 Å². The van der Waals surface area contributed by atoms with Crippen LogP contribution in [-0.2, 0) is 21.0 Å². The van der Waals surface area contributed by atoms with Gasteiger partial charge in [-0.15, -0.1) is 0 Å². The number of rotatable bonds is 0. The molecule has 1 fully saturated rings. The van der Waals surface area contributed by atoms with Gasteiger partial charge in [0.15, 0.2) is 0 Å². The first kappa shape index (κ1) is 8.38. The average Bonchev–Trinajstić information content (AvgIpc) is 1.96. The summed E-state index contributed by atoms with van der Waals surface area (Å²) in [6, 6.07) is 0. The molecule has 0 atom stereocenters. The SMILES string of the molecule is C1CCCCC1.[O]=[V]. The topological polar surface area (TPSA) is 17.1 Å². The van der Waals surface area contributed by atoms with E-state index in [1.54, 1.807) is 0 Å². The molecule has 0 radical (unpaired) electrons. The van der Waals surface area contributed by atoms with Gasteiger partial charge in [0, 0.05) is 0 Å². The quantitative estimate of drug-likeness (QED) is 0.518. The standard InChI is InChI=1S/C6H12.O.V/c1-2-4-6-5-3-1;;/h1-6H2;;. The summed E-state index contributed by atoms with van der Waals surface area (Å²) in [5, 5.41) is 0. The summed E-state index contributed by atoms with van der Waals surface area (Å²) in [5.41, 5.74) is 0. The van der Waals surface area contributed by atoms with Crippen molar-refractivity contribution < 1.29 is 21.0 Å². The third-order valence-corrected chi connectivity index (χ3v) is 1.50. The fraction of sp³-hybridized carbons (Fsp3) is 1.00. The molecule has 8 heavy (non-hydrogen) atoms. The summed E-state index contributed by atoms with van der Waals surface area (Å²) >= 11 is 1.06. The van der Waals surface area contributed by atoms with Crippen molar-refractivity contribution in [2.24, 2.45) is 0 Å². The second kappa shape index (κ2) is 7.38. The van der Waals surface area contributed by atoms with E-state index in [0.717, 1.165) is 17.4 Å². The fourth-order valence-corrected chi connectivity index (χ4v) is 1.06. The van der Waals surface area contributed by atoms with Gasteiger partial charge in [0.1, 0.15) is 0 Å². The van der Waals surface area contributed by atoms with Crippen LogP contribution in [0.4, 0.5) is 0 Å².